The largest absolute Gasteiger partial charge is 0.364 e. The molecule has 0 saturated carbocycles. The molecule has 0 atom stereocenters. The zero-order chi connectivity index (χ0) is 13.0. The lowest BCUT2D eigenvalue weighted by Gasteiger charge is -2.28. The van der Waals surface area contributed by atoms with E-state index >= 15 is 0 Å². The average molecular weight is 296 g/mol. The summed E-state index contributed by atoms with van der Waals surface area (Å²) in [5.74, 6) is 0.0806. The summed E-state index contributed by atoms with van der Waals surface area (Å²) in [4.78, 5) is 13.5. The van der Waals surface area contributed by atoms with Crippen molar-refractivity contribution in [3.8, 4) is 0 Å². The standard InChI is InChI=1S/C14H18BrNO/c1-5-8-16(10(2)3)14-7-6-12(11(4)17)9-13(14)15/h5-7,9-10H,1,8H2,2-4H3. The van der Waals surface area contributed by atoms with E-state index in [4.69, 9.17) is 0 Å². The Labute approximate surface area is 111 Å². The van der Waals surface area contributed by atoms with Crippen LogP contribution < -0.4 is 4.90 Å². The Morgan fingerprint density at radius 3 is 2.59 bits per heavy atom. The minimum Gasteiger partial charge on any atom is -0.364 e. The van der Waals surface area contributed by atoms with Gasteiger partial charge >= 0.3 is 0 Å². The summed E-state index contributed by atoms with van der Waals surface area (Å²) in [7, 11) is 0. The highest BCUT2D eigenvalue weighted by atomic mass is 79.9. The Hall–Kier alpha value is -1.09. The Morgan fingerprint density at radius 2 is 2.18 bits per heavy atom. The summed E-state index contributed by atoms with van der Waals surface area (Å²) >= 11 is 3.53. The van der Waals surface area contributed by atoms with E-state index in [1.165, 1.54) is 0 Å². The van der Waals surface area contributed by atoms with Crippen LogP contribution in [0, 0.1) is 0 Å². The molecule has 0 heterocycles. The van der Waals surface area contributed by atoms with Gasteiger partial charge in [0.15, 0.2) is 5.78 Å². The van der Waals surface area contributed by atoms with Crippen molar-refractivity contribution in [2.75, 3.05) is 11.4 Å². The van der Waals surface area contributed by atoms with Crippen molar-refractivity contribution in [3.05, 3.63) is 40.9 Å². The van der Waals surface area contributed by atoms with Crippen LogP contribution in [0.15, 0.2) is 35.3 Å². The third kappa shape index (κ3) is 3.43. The van der Waals surface area contributed by atoms with Crippen molar-refractivity contribution in [1.29, 1.82) is 0 Å². The van der Waals surface area contributed by atoms with Crippen molar-refractivity contribution < 1.29 is 4.79 Å². The maximum absolute atomic E-state index is 11.3. The van der Waals surface area contributed by atoms with Crippen LogP contribution in [0.5, 0.6) is 0 Å². The predicted octanol–water partition coefficient (Wildman–Crippen LogP) is 4.05. The fourth-order valence-electron chi connectivity index (χ4n) is 1.69. The van der Waals surface area contributed by atoms with Crippen molar-refractivity contribution in [1.82, 2.24) is 0 Å². The van der Waals surface area contributed by atoms with Crippen LogP contribution in [0.3, 0.4) is 0 Å². The molecule has 0 radical (unpaired) electrons. The zero-order valence-electron chi connectivity index (χ0n) is 10.5. The molecule has 0 spiro atoms. The summed E-state index contributed by atoms with van der Waals surface area (Å²) in [6.45, 7) is 10.4. The summed E-state index contributed by atoms with van der Waals surface area (Å²) in [5, 5.41) is 0. The number of halogens is 1. The van der Waals surface area contributed by atoms with Crippen LogP contribution in [-0.2, 0) is 0 Å². The fraction of sp³-hybridized carbons (Fsp3) is 0.357. The number of anilines is 1. The first-order chi connectivity index (χ1) is 7.97. The van der Waals surface area contributed by atoms with Gasteiger partial charge in [0, 0.05) is 22.6 Å². The molecule has 0 aliphatic rings. The molecule has 2 nitrogen and oxygen atoms in total. The van der Waals surface area contributed by atoms with Crippen LogP contribution in [0.25, 0.3) is 0 Å². The quantitative estimate of drug-likeness (QED) is 0.603. The van der Waals surface area contributed by atoms with E-state index in [0.717, 1.165) is 22.3 Å². The van der Waals surface area contributed by atoms with E-state index in [0.29, 0.717) is 6.04 Å². The van der Waals surface area contributed by atoms with Gasteiger partial charge in [-0.15, -0.1) is 6.58 Å². The Bertz CT molecular complexity index is 426. The third-order valence-electron chi connectivity index (χ3n) is 2.61. The van der Waals surface area contributed by atoms with Gasteiger partial charge in [0.25, 0.3) is 0 Å². The second-order valence-electron chi connectivity index (χ2n) is 4.26. The number of ketones is 1. The molecule has 0 bridgehead atoms. The van der Waals surface area contributed by atoms with Crippen LogP contribution in [-0.4, -0.2) is 18.4 Å². The molecule has 17 heavy (non-hydrogen) atoms. The molecule has 0 N–H and O–H groups in total. The molecule has 1 aromatic rings. The molecule has 0 aliphatic heterocycles. The topological polar surface area (TPSA) is 20.3 Å². The van der Waals surface area contributed by atoms with Gasteiger partial charge in [0.05, 0.1) is 5.69 Å². The van der Waals surface area contributed by atoms with Crippen molar-refractivity contribution >= 4 is 27.4 Å². The van der Waals surface area contributed by atoms with Crippen molar-refractivity contribution in [2.24, 2.45) is 0 Å². The summed E-state index contributed by atoms with van der Waals surface area (Å²) < 4.78 is 0.945. The maximum atomic E-state index is 11.3. The molecule has 0 aliphatic carbocycles. The molecular weight excluding hydrogens is 278 g/mol. The van der Waals surface area contributed by atoms with Gasteiger partial charge in [-0.1, -0.05) is 6.08 Å². The van der Waals surface area contributed by atoms with Crippen LogP contribution in [0.2, 0.25) is 0 Å². The number of hydrogen-bond acceptors (Lipinski definition) is 2. The molecule has 0 amide bonds. The first-order valence-corrected chi connectivity index (χ1v) is 6.44. The molecule has 0 fully saturated rings. The number of rotatable bonds is 5. The Kier molecular flexibility index (Phi) is 4.94. The summed E-state index contributed by atoms with van der Waals surface area (Å²) in [5.41, 5.74) is 1.81. The maximum Gasteiger partial charge on any atom is 0.159 e. The highest BCUT2D eigenvalue weighted by Crippen LogP contribution is 2.29. The molecule has 0 saturated heterocycles. The Morgan fingerprint density at radius 1 is 1.53 bits per heavy atom. The van der Waals surface area contributed by atoms with Gasteiger partial charge in [0.2, 0.25) is 0 Å². The summed E-state index contributed by atoms with van der Waals surface area (Å²) in [6.07, 6.45) is 1.88. The second kappa shape index (κ2) is 6.01. The van der Waals surface area contributed by atoms with E-state index in [1.54, 1.807) is 6.92 Å². The van der Waals surface area contributed by atoms with Gasteiger partial charge < -0.3 is 4.90 Å². The van der Waals surface area contributed by atoms with Crippen molar-refractivity contribution in [2.45, 2.75) is 26.8 Å². The monoisotopic (exact) mass is 295 g/mol. The average Bonchev–Trinajstić information content (AvgIpc) is 2.26. The lowest BCUT2D eigenvalue weighted by molar-refractivity contribution is 0.101. The first-order valence-electron chi connectivity index (χ1n) is 5.65. The molecule has 1 aromatic carbocycles. The normalized spacial score (nSPS) is 10.4. The van der Waals surface area contributed by atoms with E-state index in [1.807, 2.05) is 24.3 Å². The number of Topliss-reactive ketones (excluding diaryl/α,β-unsaturated/α-hetero) is 1. The summed E-state index contributed by atoms with van der Waals surface area (Å²) in [6, 6.07) is 6.09. The molecule has 3 heteroatoms. The van der Waals surface area contributed by atoms with E-state index in [-0.39, 0.29) is 5.78 Å². The number of carbonyl (C=O) groups is 1. The van der Waals surface area contributed by atoms with E-state index in [9.17, 15) is 4.79 Å². The lowest BCUT2D eigenvalue weighted by Crippen LogP contribution is -2.31. The van der Waals surface area contributed by atoms with E-state index in [2.05, 4.69) is 41.3 Å². The molecular formula is C14H18BrNO. The number of hydrogen-bond donors (Lipinski definition) is 0. The van der Waals surface area contributed by atoms with Crippen molar-refractivity contribution in [3.63, 3.8) is 0 Å². The van der Waals surface area contributed by atoms with E-state index < -0.39 is 0 Å². The van der Waals surface area contributed by atoms with Gasteiger partial charge in [-0.2, -0.15) is 0 Å². The van der Waals surface area contributed by atoms with Gasteiger partial charge in [-0.05, 0) is 54.9 Å². The predicted molar refractivity (Wildman–Crippen MR) is 76.8 cm³/mol. The Balaban J connectivity index is 3.12. The fourth-order valence-corrected chi connectivity index (χ4v) is 2.29. The van der Waals surface area contributed by atoms with Gasteiger partial charge in [-0.25, -0.2) is 0 Å². The number of benzene rings is 1. The molecule has 1 rings (SSSR count). The molecule has 92 valence electrons. The molecule has 0 unspecified atom stereocenters. The lowest BCUT2D eigenvalue weighted by atomic mass is 10.1. The molecule has 0 aromatic heterocycles. The van der Waals surface area contributed by atoms with Gasteiger partial charge in [-0.3, -0.25) is 4.79 Å². The number of carbonyl (C=O) groups excluding carboxylic acids is 1. The highest BCUT2D eigenvalue weighted by molar-refractivity contribution is 9.10. The zero-order valence-corrected chi connectivity index (χ0v) is 12.1. The minimum atomic E-state index is 0.0806. The van der Waals surface area contributed by atoms with Crippen LogP contribution >= 0.6 is 15.9 Å². The number of nitrogens with zero attached hydrogens (tertiary/aromatic N) is 1. The third-order valence-corrected chi connectivity index (χ3v) is 3.25. The van der Waals surface area contributed by atoms with Crippen LogP contribution in [0.4, 0.5) is 5.69 Å². The second-order valence-corrected chi connectivity index (χ2v) is 5.11. The van der Waals surface area contributed by atoms with Gasteiger partial charge in [0.1, 0.15) is 0 Å². The minimum absolute atomic E-state index is 0.0806. The SMILES string of the molecule is C=CCN(c1ccc(C(C)=O)cc1Br)C(C)C. The highest BCUT2D eigenvalue weighted by Gasteiger charge is 2.13. The van der Waals surface area contributed by atoms with Crippen LogP contribution in [0.1, 0.15) is 31.1 Å². The smallest absolute Gasteiger partial charge is 0.159 e. The first kappa shape index (κ1) is 14.0.